The van der Waals surface area contributed by atoms with Crippen LogP contribution in [0.5, 0.6) is 5.75 Å². The van der Waals surface area contributed by atoms with E-state index in [0.29, 0.717) is 5.75 Å². The molecule has 0 radical (unpaired) electrons. The quantitative estimate of drug-likeness (QED) is 0.671. The van der Waals surface area contributed by atoms with Crippen LogP contribution >= 0.6 is 22.7 Å². The van der Waals surface area contributed by atoms with Crippen molar-refractivity contribution in [2.24, 2.45) is 0 Å². The molecule has 1 aromatic carbocycles. The van der Waals surface area contributed by atoms with E-state index in [1.165, 1.54) is 18.4 Å². The molecule has 3 aromatic rings. The molecule has 2 aromatic heterocycles. The van der Waals surface area contributed by atoms with Gasteiger partial charge in [-0.2, -0.15) is 16.1 Å². The van der Waals surface area contributed by atoms with Crippen molar-refractivity contribution in [2.45, 2.75) is 24.8 Å². The number of ether oxygens (including phenoxy) is 1. The molecule has 132 valence electrons. The standard InChI is InChI=1S/C18H19NO3S3/c1-12-9-15(22-3)17(10-13(12)2)25(20,21)19-18(14-6-8-23-11-14)16-5-4-7-24-16/h4-11,18-19H,1-3H3/t18-/m1/s1. The van der Waals surface area contributed by atoms with Crippen molar-refractivity contribution in [3.05, 3.63) is 68.0 Å². The highest BCUT2D eigenvalue weighted by Crippen LogP contribution is 2.32. The molecule has 0 aliphatic carbocycles. The van der Waals surface area contributed by atoms with E-state index in [2.05, 4.69) is 4.72 Å². The first-order valence-electron chi connectivity index (χ1n) is 7.65. The summed E-state index contributed by atoms with van der Waals surface area (Å²) < 4.78 is 34.3. The van der Waals surface area contributed by atoms with Crippen LogP contribution < -0.4 is 9.46 Å². The molecule has 1 atom stereocenters. The Labute approximate surface area is 156 Å². The zero-order valence-corrected chi connectivity index (χ0v) is 16.6. The minimum absolute atomic E-state index is 0.162. The zero-order chi connectivity index (χ0) is 18.0. The first-order chi connectivity index (χ1) is 11.9. The van der Waals surface area contributed by atoms with Crippen LogP contribution in [0.3, 0.4) is 0 Å². The fraction of sp³-hybridized carbons (Fsp3) is 0.222. The maximum Gasteiger partial charge on any atom is 0.245 e. The smallest absolute Gasteiger partial charge is 0.245 e. The number of aryl methyl sites for hydroxylation is 2. The molecule has 0 aliphatic rings. The fourth-order valence-corrected chi connectivity index (χ4v) is 5.54. The van der Waals surface area contributed by atoms with Crippen molar-refractivity contribution in [3.8, 4) is 5.75 Å². The highest BCUT2D eigenvalue weighted by Gasteiger charge is 2.27. The summed E-state index contributed by atoms with van der Waals surface area (Å²) in [7, 11) is -2.27. The average Bonchev–Trinajstić information content (AvgIpc) is 3.28. The van der Waals surface area contributed by atoms with Gasteiger partial charge in [0.2, 0.25) is 10.0 Å². The molecular formula is C18H19NO3S3. The predicted molar refractivity (Wildman–Crippen MR) is 103 cm³/mol. The number of rotatable bonds is 6. The van der Waals surface area contributed by atoms with Gasteiger partial charge in [-0.05, 0) is 70.9 Å². The molecule has 0 saturated carbocycles. The minimum atomic E-state index is -3.76. The summed E-state index contributed by atoms with van der Waals surface area (Å²) in [4.78, 5) is 1.11. The van der Waals surface area contributed by atoms with Gasteiger partial charge in [-0.1, -0.05) is 6.07 Å². The predicted octanol–water partition coefficient (Wildman–Crippen LogP) is 4.50. The summed E-state index contributed by atoms with van der Waals surface area (Å²) in [6.45, 7) is 3.82. The number of hydrogen-bond donors (Lipinski definition) is 1. The van der Waals surface area contributed by atoms with E-state index < -0.39 is 16.1 Å². The minimum Gasteiger partial charge on any atom is -0.495 e. The summed E-state index contributed by atoms with van der Waals surface area (Å²) in [5.41, 5.74) is 2.83. The van der Waals surface area contributed by atoms with Crippen molar-refractivity contribution >= 4 is 32.7 Å². The number of benzene rings is 1. The van der Waals surface area contributed by atoms with Crippen molar-refractivity contribution < 1.29 is 13.2 Å². The Morgan fingerprint density at radius 1 is 1.12 bits per heavy atom. The molecule has 0 unspecified atom stereocenters. The third-order valence-corrected chi connectivity index (χ3v) is 7.13. The van der Waals surface area contributed by atoms with Crippen LogP contribution in [0, 0.1) is 13.8 Å². The van der Waals surface area contributed by atoms with Gasteiger partial charge in [-0.3, -0.25) is 0 Å². The van der Waals surface area contributed by atoms with Crippen LogP contribution in [-0.4, -0.2) is 15.5 Å². The number of methoxy groups -OCH3 is 1. The van der Waals surface area contributed by atoms with E-state index in [0.717, 1.165) is 21.6 Å². The first kappa shape index (κ1) is 18.1. The molecule has 3 rings (SSSR count). The third kappa shape index (κ3) is 3.79. The van der Waals surface area contributed by atoms with Gasteiger partial charge in [0.15, 0.2) is 0 Å². The second kappa shape index (κ2) is 7.29. The molecule has 0 fully saturated rings. The highest BCUT2D eigenvalue weighted by atomic mass is 32.2. The van der Waals surface area contributed by atoms with Crippen LogP contribution in [0.4, 0.5) is 0 Å². The summed E-state index contributed by atoms with van der Waals surface area (Å²) in [6, 6.07) is 8.80. The topological polar surface area (TPSA) is 55.4 Å². The maximum atomic E-state index is 13.1. The molecule has 4 nitrogen and oxygen atoms in total. The van der Waals surface area contributed by atoms with E-state index in [1.54, 1.807) is 23.5 Å². The average molecular weight is 394 g/mol. The monoisotopic (exact) mass is 393 g/mol. The lowest BCUT2D eigenvalue weighted by Crippen LogP contribution is -2.29. The fourth-order valence-electron chi connectivity index (χ4n) is 2.54. The molecule has 0 spiro atoms. The van der Waals surface area contributed by atoms with Gasteiger partial charge in [0.1, 0.15) is 10.6 Å². The first-order valence-corrected chi connectivity index (χ1v) is 11.0. The summed E-state index contributed by atoms with van der Waals surface area (Å²) in [6.07, 6.45) is 0. The Hall–Kier alpha value is -1.67. The zero-order valence-electron chi connectivity index (χ0n) is 14.1. The Balaban J connectivity index is 2.04. The SMILES string of the molecule is COc1cc(C)c(C)cc1S(=O)(=O)N[C@H](c1ccsc1)c1cccs1. The molecule has 0 aliphatic heterocycles. The Morgan fingerprint density at radius 3 is 2.48 bits per heavy atom. The van der Waals surface area contributed by atoms with Crippen molar-refractivity contribution in [1.82, 2.24) is 4.72 Å². The Bertz CT molecular complexity index is 912. The lowest BCUT2D eigenvalue weighted by molar-refractivity contribution is 0.401. The van der Waals surface area contributed by atoms with Crippen LogP contribution in [0.1, 0.15) is 27.6 Å². The second-order valence-electron chi connectivity index (χ2n) is 5.71. The van der Waals surface area contributed by atoms with E-state index >= 15 is 0 Å². The molecule has 7 heteroatoms. The molecule has 0 saturated heterocycles. The highest BCUT2D eigenvalue weighted by molar-refractivity contribution is 7.89. The largest absolute Gasteiger partial charge is 0.495 e. The van der Waals surface area contributed by atoms with Gasteiger partial charge < -0.3 is 4.74 Å². The number of nitrogens with one attached hydrogen (secondary N) is 1. The van der Waals surface area contributed by atoms with Crippen molar-refractivity contribution in [2.75, 3.05) is 7.11 Å². The maximum absolute atomic E-state index is 13.1. The normalized spacial score (nSPS) is 12.9. The van der Waals surface area contributed by atoms with E-state index in [4.69, 9.17) is 4.74 Å². The van der Waals surface area contributed by atoms with E-state index in [9.17, 15) is 8.42 Å². The molecule has 0 bridgehead atoms. The number of sulfonamides is 1. The van der Waals surface area contributed by atoms with Gasteiger partial charge in [-0.25, -0.2) is 8.42 Å². The van der Waals surface area contributed by atoms with Crippen LogP contribution in [0.25, 0.3) is 0 Å². The van der Waals surface area contributed by atoms with Crippen LogP contribution in [0.2, 0.25) is 0 Å². The summed E-state index contributed by atoms with van der Waals surface area (Å²) in [5, 5.41) is 5.85. The van der Waals surface area contributed by atoms with E-state index in [1.807, 2.05) is 48.2 Å². The Kier molecular flexibility index (Phi) is 5.29. The lowest BCUT2D eigenvalue weighted by atomic mass is 10.1. The third-order valence-electron chi connectivity index (χ3n) is 4.05. The summed E-state index contributed by atoms with van der Waals surface area (Å²) >= 11 is 3.07. The van der Waals surface area contributed by atoms with E-state index in [-0.39, 0.29) is 4.90 Å². The Morgan fingerprint density at radius 2 is 1.88 bits per heavy atom. The second-order valence-corrected chi connectivity index (χ2v) is 9.16. The van der Waals surface area contributed by atoms with Crippen molar-refractivity contribution in [1.29, 1.82) is 0 Å². The van der Waals surface area contributed by atoms with Gasteiger partial charge in [0.25, 0.3) is 0 Å². The van der Waals surface area contributed by atoms with Gasteiger partial charge in [0.05, 0.1) is 13.2 Å². The van der Waals surface area contributed by atoms with Crippen LogP contribution in [0.15, 0.2) is 51.4 Å². The van der Waals surface area contributed by atoms with Gasteiger partial charge in [-0.15, -0.1) is 11.3 Å². The molecule has 2 heterocycles. The molecular weight excluding hydrogens is 374 g/mol. The lowest BCUT2D eigenvalue weighted by Gasteiger charge is -2.19. The summed E-state index contributed by atoms with van der Waals surface area (Å²) in [5.74, 6) is 0.353. The molecule has 25 heavy (non-hydrogen) atoms. The number of thiophene rings is 2. The van der Waals surface area contributed by atoms with Crippen LogP contribution in [-0.2, 0) is 10.0 Å². The van der Waals surface area contributed by atoms with Gasteiger partial charge in [0, 0.05) is 4.88 Å². The number of hydrogen-bond acceptors (Lipinski definition) is 5. The van der Waals surface area contributed by atoms with Gasteiger partial charge >= 0.3 is 0 Å². The molecule has 1 N–H and O–H groups in total. The molecule has 0 amide bonds. The van der Waals surface area contributed by atoms with Crippen molar-refractivity contribution in [3.63, 3.8) is 0 Å².